The van der Waals surface area contributed by atoms with Gasteiger partial charge in [0.1, 0.15) is 12.3 Å². The van der Waals surface area contributed by atoms with E-state index in [-0.39, 0.29) is 18.5 Å². The summed E-state index contributed by atoms with van der Waals surface area (Å²) < 4.78 is 5.42. The molecular formula is C19H25N3O3. The first kappa shape index (κ1) is 18.6. The highest BCUT2D eigenvalue weighted by Gasteiger charge is 2.31. The summed E-state index contributed by atoms with van der Waals surface area (Å²) in [6, 6.07) is 7.24. The molecule has 1 aromatic rings. The van der Waals surface area contributed by atoms with Gasteiger partial charge < -0.3 is 14.5 Å². The lowest BCUT2D eigenvalue weighted by molar-refractivity contribution is -0.130. The molecule has 25 heavy (non-hydrogen) atoms. The maximum atomic E-state index is 12.6. The Labute approximate surface area is 149 Å². The molecule has 0 bridgehead atoms. The van der Waals surface area contributed by atoms with E-state index in [1.165, 1.54) is 0 Å². The molecule has 0 spiro atoms. The average molecular weight is 343 g/mol. The molecule has 1 aromatic carbocycles. The Bertz CT molecular complexity index is 617. The minimum atomic E-state index is -0.158. The highest BCUT2D eigenvalue weighted by molar-refractivity contribution is 5.96. The summed E-state index contributed by atoms with van der Waals surface area (Å²) in [5, 5.41) is 0. The van der Waals surface area contributed by atoms with Gasteiger partial charge in [0.05, 0.1) is 6.61 Å². The number of amides is 3. The topological polar surface area (TPSA) is 53.1 Å². The van der Waals surface area contributed by atoms with Crippen LogP contribution < -0.4 is 9.64 Å². The number of rotatable bonds is 9. The normalized spacial score (nSPS) is 13.7. The molecule has 0 aliphatic carbocycles. The Hall–Kier alpha value is -2.76. The van der Waals surface area contributed by atoms with Crippen LogP contribution in [0.5, 0.6) is 5.75 Å². The third-order valence-electron chi connectivity index (χ3n) is 3.93. The van der Waals surface area contributed by atoms with Gasteiger partial charge in [0.25, 0.3) is 0 Å². The number of carbonyl (C=O) groups excluding carboxylic acids is 2. The molecule has 0 saturated carbocycles. The molecule has 1 aliphatic rings. The summed E-state index contributed by atoms with van der Waals surface area (Å²) in [5.74, 6) is 0.663. The van der Waals surface area contributed by atoms with E-state index in [9.17, 15) is 9.59 Å². The monoisotopic (exact) mass is 343 g/mol. The van der Waals surface area contributed by atoms with Gasteiger partial charge in [-0.3, -0.25) is 9.69 Å². The zero-order valence-corrected chi connectivity index (χ0v) is 14.7. The van der Waals surface area contributed by atoms with Crippen molar-refractivity contribution in [3.8, 4) is 5.75 Å². The molecule has 134 valence electrons. The lowest BCUT2D eigenvalue weighted by Gasteiger charge is -2.23. The second-order valence-corrected chi connectivity index (χ2v) is 5.66. The molecule has 0 atom stereocenters. The molecule has 1 aliphatic heterocycles. The SMILES string of the molecule is C=CCN(CC=C)C(=O)CN1CCN(c2ccc(OCC)cc2)C1=O. The van der Waals surface area contributed by atoms with Crippen molar-refractivity contribution >= 4 is 17.6 Å². The fourth-order valence-corrected chi connectivity index (χ4v) is 2.71. The number of hydrogen-bond donors (Lipinski definition) is 0. The van der Waals surface area contributed by atoms with Crippen LogP contribution in [-0.2, 0) is 4.79 Å². The van der Waals surface area contributed by atoms with Crippen LogP contribution in [0.3, 0.4) is 0 Å². The molecule has 0 unspecified atom stereocenters. The number of carbonyl (C=O) groups is 2. The van der Waals surface area contributed by atoms with Crippen molar-refractivity contribution in [2.75, 3.05) is 44.2 Å². The van der Waals surface area contributed by atoms with E-state index < -0.39 is 0 Å². The Morgan fingerprint density at radius 2 is 1.84 bits per heavy atom. The third-order valence-corrected chi connectivity index (χ3v) is 3.93. The van der Waals surface area contributed by atoms with Gasteiger partial charge in [-0.25, -0.2) is 4.79 Å². The van der Waals surface area contributed by atoms with Crippen LogP contribution in [0.2, 0.25) is 0 Å². The number of anilines is 1. The van der Waals surface area contributed by atoms with Crippen molar-refractivity contribution in [3.05, 3.63) is 49.6 Å². The van der Waals surface area contributed by atoms with Crippen molar-refractivity contribution in [1.82, 2.24) is 9.80 Å². The highest BCUT2D eigenvalue weighted by atomic mass is 16.5. The minimum Gasteiger partial charge on any atom is -0.494 e. The summed E-state index contributed by atoms with van der Waals surface area (Å²) in [5.41, 5.74) is 0.803. The fraction of sp³-hybridized carbons (Fsp3) is 0.368. The molecule has 6 heteroatoms. The number of benzene rings is 1. The maximum absolute atomic E-state index is 12.6. The fourth-order valence-electron chi connectivity index (χ4n) is 2.71. The first-order chi connectivity index (χ1) is 12.1. The van der Waals surface area contributed by atoms with Crippen molar-refractivity contribution < 1.29 is 14.3 Å². The molecule has 2 rings (SSSR count). The molecule has 1 heterocycles. The zero-order valence-electron chi connectivity index (χ0n) is 14.7. The van der Waals surface area contributed by atoms with Crippen molar-refractivity contribution in [2.45, 2.75) is 6.92 Å². The highest BCUT2D eigenvalue weighted by Crippen LogP contribution is 2.23. The number of nitrogens with zero attached hydrogens (tertiary/aromatic N) is 3. The van der Waals surface area contributed by atoms with Gasteiger partial charge >= 0.3 is 6.03 Å². The zero-order chi connectivity index (χ0) is 18.2. The molecular weight excluding hydrogens is 318 g/mol. The summed E-state index contributed by atoms with van der Waals surface area (Å²) >= 11 is 0. The summed E-state index contributed by atoms with van der Waals surface area (Å²) in [7, 11) is 0. The average Bonchev–Trinajstić information content (AvgIpc) is 2.96. The summed E-state index contributed by atoms with van der Waals surface area (Å²) in [6.45, 7) is 11.9. The molecule has 0 radical (unpaired) electrons. The number of hydrogen-bond acceptors (Lipinski definition) is 3. The molecule has 6 nitrogen and oxygen atoms in total. The second-order valence-electron chi connectivity index (χ2n) is 5.66. The van der Waals surface area contributed by atoms with Crippen molar-refractivity contribution in [3.63, 3.8) is 0 Å². The smallest absolute Gasteiger partial charge is 0.325 e. The van der Waals surface area contributed by atoms with E-state index in [0.29, 0.717) is 32.8 Å². The Morgan fingerprint density at radius 1 is 1.20 bits per heavy atom. The van der Waals surface area contributed by atoms with Crippen LogP contribution in [-0.4, -0.2) is 61.1 Å². The van der Waals surface area contributed by atoms with Gasteiger partial charge in [-0.15, -0.1) is 13.2 Å². The van der Waals surface area contributed by atoms with E-state index in [1.54, 1.807) is 26.9 Å². The van der Waals surface area contributed by atoms with Crippen molar-refractivity contribution in [1.29, 1.82) is 0 Å². The van der Waals surface area contributed by atoms with Crippen LogP contribution in [0, 0.1) is 0 Å². The summed E-state index contributed by atoms with van der Waals surface area (Å²) in [4.78, 5) is 29.8. The van der Waals surface area contributed by atoms with Crippen LogP contribution in [0.15, 0.2) is 49.6 Å². The maximum Gasteiger partial charge on any atom is 0.325 e. The third kappa shape index (κ3) is 4.62. The van der Waals surface area contributed by atoms with E-state index in [4.69, 9.17) is 4.74 Å². The Balaban J connectivity index is 1.99. The van der Waals surface area contributed by atoms with E-state index >= 15 is 0 Å². The van der Waals surface area contributed by atoms with E-state index in [2.05, 4.69) is 13.2 Å². The predicted molar refractivity (Wildman–Crippen MR) is 98.9 cm³/mol. The van der Waals surface area contributed by atoms with Crippen LogP contribution in [0.1, 0.15) is 6.92 Å². The molecule has 1 saturated heterocycles. The number of urea groups is 1. The molecule has 0 aromatic heterocycles. The quantitative estimate of drug-likeness (QED) is 0.648. The van der Waals surface area contributed by atoms with Gasteiger partial charge in [0.15, 0.2) is 0 Å². The molecule has 0 N–H and O–H groups in total. The number of ether oxygens (including phenoxy) is 1. The minimum absolute atomic E-state index is 0.0635. The lowest BCUT2D eigenvalue weighted by atomic mass is 10.3. The van der Waals surface area contributed by atoms with E-state index in [1.807, 2.05) is 31.2 Å². The first-order valence-electron chi connectivity index (χ1n) is 8.39. The van der Waals surface area contributed by atoms with Crippen LogP contribution in [0.25, 0.3) is 0 Å². The van der Waals surface area contributed by atoms with Gasteiger partial charge in [0, 0.05) is 31.9 Å². The van der Waals surface area contributed by atoms with E-state index in [0.717, 1.165) is 11.4 Å². The predicted octanol–water partition coefficient (Wildman–Crippen LogP) is 2.53. The standard InChI is InChI=1S/C19H25N3O3/c1-4-11-20(12-5-2)18(23)15-21-13-14-22(19(21)24)16-7-9-17(10-8-16)25-6-3/h4-5,7-10H,1-2,6,11-15H2,3H3. The largest absolute Gasteiger partial charge is 0.494 e. The Kier molecular flexibility index (Phi) is 6.62. The van der Waals surface area contributed by atoms with Gasteiger partial charge in [-0.05, 0) is 31.2 Å². The first-order valence-corrected chi connectivity index (χ1v) is 8.39. The second kappa shape index (κ2) is 8.92. The van der Waals surface area contributed by atoms with Gasteiger partial charge in [0.2, 0.25) is 5.91 Å². The lowest BCUT2D eigenvalue weighted by Crippen LogP contribution is -2.42. The van der Waals surface area contributed by atoms with Gasteiger partial charge in [-0.1, -0.05) is 12.2 Å². The van der Waals surface area contributed by atoms with Gasteiger partial charge in [-0.2, -0.15) is 0 Å². The van der Waals surface area contributed by atoms with Crippen molar-refractivity contribution in [2.24, 2.45) is 0 Å². The molecule has 3 amide bonds. The summed E-state index contributed by atoms with van der Waals surface area (Å²) in [6.07, 6.45) is 3.33. The van der Waals surface area contributed by atoms with Crippen LogP contribution in [0.4, 0.5) is 10.5 Å². The van der Waals surface area contributed by atoms with Crippen LogP contribution >= 0.6 is 0 Å². The Morgan fingerprint density at radius 3 is 2.40 bits per heavy atom. The molecule has 1 fully saturated rings.